The molecule has 288 valence electrons. The fourth-order valence-electron chi connectivity index (χ4n) is 5.22. The van der Waals surface area contributed by atoms with E-state index in [9.17, 15) is 13.5 Å². The topological polar surface area (TPSA) is 115 Å². The van der Waals surface area contributed by atoms with Crippen LogP contribution in [0, 0.1) is 0 Å². The van der Waals surface area contributed by atoms with Gasteiger partial charge in [-0.1, -0.05) is 132 Å². The highest BCUT2D eigenvalue weighted by Gasteiger charge is 2.30. The summed E-state index contributed by atoms with van der Waals surface area (Å²) in [6, 6.07) is 0. The zero-order valence-corrected chi connectivity index (χ0v) is 32.6. The summed E-state index contributed by atoms with van der Waals surface area (Å²) in [6.07, 6.45) is 40.4. The predicted octanol–water partition coefficient (Wildman–Crippen LogP) is 10.5. The lowest BCUT2D eigenvalue weighted by atomic mass is 10.1. The number of aliphatic hydroxyl groups excluding tert-OH is 1. The van der Waals surface area contributed by atoms with Gasteiger partial charge in [0.05, 0.1) is 26.9 Å². The molecule has 9 nitrogen and oxygen atoms in total. The van der Waals surface area contributed by atoms with Gasteiger partial charge in [0.25, 0.3) is 0 Å². The lowest BCUT2D eigenvalue weighted by Crippen LogP contribution is -2.50. The summed E-state index contributed by atoms with van der Waals surface area (Å²) < 4.78 is 42.3. The summed E-state index contributed by atoms with van der Waals surface area (Å²) >= 11 is 0. The van der Waals surface area contributed by atoms with E-state index < -0.39 is 16.3 Å². The number of nitrogens with zero attached hydrogens (tertiary/aromatic N) is 1. The molecular weight excluding hydrogens is 630 g/mol. The van der Waals surface area contributed by atoms with Crippen LogP contribution in [0.15, 0.2) is 24.3 Å². The van der Waals surface area contributed by atoms with E-state index >= 15 is 0 Å². The standard InChI is InChI=1S/C37H73NO3.CH4O5S/c1-5-7-9-11-13-15-17-19-21-23-25-27-29-31-35-40-37(3,38(4)33-34-39)41-36-32-30-28-26-24-22-20-18-16-14-12-10-8-6-2;1-5-6-7(2,3)4/h15-18,39H,5-14,19-36H2,1-4H3;1H3,(H,2,3,4)/b17-15-,18-16-;. The van der Waals surface area contributed by atoms with Crippen molar-refractivity contribution >= 4 is 10.4 Å². The third kappa shape index (κ3) is 38.0. The van der Waals surface area contributed by atoms with Crippen molar-refractivity contribution in [3.05, 3.63) is 24.3 Å². The van der Waals surface area contributed by atoms with Crippen molar-refractivity contribution in [3.63, 3.8) is 0 Å². The molecule has 0 saturated carbocycles. The maximum absolute atomic E-state index is 9.45. The first-order valence-corrected chi connectivity index (χ1v) is 20.6. The number of aliphatic hydroxyl groups is 1. The maximum atomic E-state index is 9.45. The van der Waals surface area contributed by atoms with Crippen LogP contribution in [-0.4, -0.2) is 69.4 Å². The normalized spacial score (nSPS) is 12.4. The molecular formula is C38H77NO8S. The quantitative estimate of drug-likeness (QED) is 0.0166. The van der Waals surface area contributed by atoms with Crippen LogP contribution >= 0.6 is 0 Å². The van der Waals surface area contributed by atoms with Gasteiger partial charge in [-0.15, -0.1) is 0 Å². The van der Waals surface area contributed by atoms with Crippen LogP contribution in [0.2, 0.25) is 0 Å². The molecule has 10 heteroatoms. The van der Waals surface area contributed by atoms with Gasteiger partial charge in [-0.25, -0.2) is 4.89 Å². The first-order valence-electron chi connectivity index (χ1n) is 19.3. The van der Waals surface area contributed by atoms with E-state index in [-0.39, 0.29) is 6.61 Å². The minimum Gasteiger partial charge on any atom is -0.395 e. The van der Waals surface area contributed by atoms with Crippen LogP contribution in [0.4, 0.5) is 0 Å². The van der Waals surface area contributed by atoms with Crippen molar-refractivity contribution in [2.75, 3.05) is 40.5 Å². The summed E-state index contributed by atoms with van der Waals surface area (Å²) in [5.74, 6) is -0.755. The van der Waals surface area contributed by atoms with E-state index in [4.69, 9.17) is 14.0 Å². The molecule has 0 heterocycles. The molecule has 48 heavy (non-hydrogen) atoms. The number of hydrogen-bond acceptors (Lipinski definition) is 8. The number of rotatable bonds is 35. The minimum atomic E-state index is -4.40. The smallest absolute Gasteiger partial charge is 0.395 e. The molecule has 0 bridgehead atoms. The molecule has 0 amide bonds. The van der Waals surface area contributed by atoms with Crippen LogP contribution in [0.3, 0.4) is 0 Å². The van der Waals surface area contributed by atoms with Gasteiger partial charge in [0.2, 0.25) is 5.91 Å². The summed E-state index contributed by atoms with van der Waals surface area (Å²) in [5.41, 5.74) is 0. The van der Waals surface area contributed by atoms with Crippen LogP contribution in [0.1, 0.15) is 175 Å². The molecule has 0 aliphatic heterocycles. The van der Waals surface area contributed by atoms with Crippen LogP contribution in [0.5, 0.6) is 0 Å². The average Bonchev–Trinajstić information content (AvgIpc) is 3.04. The molecule has 2 N–H and O–H groups in total. The van der Waals surface area contributed by atoms with Gasteiger partial charge in [-0.05, 0) is 71.3 Å². The zero-order chi connectivity index (χ0) is 36.0. The molecule has 0 aliphatic carbocycles. The fraction of sp³-hybridized carbons (Fsp3) is 0.895. The molecule has 0 radical (unpaired) electrons. The molecule has 0 unspecified atom stereocenters. The fourth-order valence-corrected chi connectivity index (χ4v) is 5.39. The van der Waals surface area contributed by atoms with Crippen LogP contribution in [0.25, 0.3) is 0 Å². The van der Waals surface area contributed by atoms with Gasteiger partial charge >= 0.3 is 10.4 Å². The van der Waals surface area contributed by atoms with E-state index in [0.717, 1.165) is 20.0 Å². The van der Waals surface area contributed by atoms with E-state index in [2.05, 4.69) is 47.4 Å². The van der Waals surface area contributed by atoms with E-state index in [1.165, 1.54) is 141 Å². The zero-order valence-electron chi connectivity index (χ0n) is 31.8. The van der Waals surface area contributed by atoms with Gasteiger partial charge in [-0.3, -0.25) is 9.45 Å². The van der Waals surface area contributed by atoms with Crippen molar-refractivity contribution in [3.8, 4) is 0 Å². The monoisotopic (exact) mass is 708 g/mol. The number of ether oxygens (including phenoxy) is 2. The number of hydrogen-bond donors (Lipinski definition) is 2. The lowest BCUT2D eigenvalue weighted by Gasteiger charge is -2.38. The largest absolute Gasteiger partial charge is 0.424 e. The molecule has 0 rings (SSSR count). The molecule has 0 aliphatic rings. The molecule has 0 aromatic carbocycles. The molecule has 0 aromatic rings. The highest BCUT2D eigenvalue weighted by atomic mass is 32.3. The second-order valence-electron chi connectivity index (χ2n) is 12.9. The molecule has 0 fully saturated rings. The Morgan fingerprint density at radius 3 is 1.23 bits per heavy atom. The second-order valence-corrected chi connectivity index (χ2v) is 13.9. The summed E-state index contributed by atoms with van der Waals surface area (Å²) in [4.78, 5) is 5.57. The van der Waals surface area contributed by atoms with Gasteiger partial charge in [0, 0.05) is 13.5 Å². The lowest BCUT2D eigenvalue weighted by molar-refractivity contribution is -0.303. The summed E-state index contributed by atoms with van der Waals surface area (Å²) in [6.45, 7) is 8.64. The Bertz CT molecular complexity index is 767. The van der Waals surface area contributed by atoms with Gasteiger partial charge in [0.1, 0.15) is 0 Å². The Labute approximate surface area is 297 Å². The highest BCUT2D eigenvalue weighted by molar-refractivity contribution is 7.80. The van der Waals surface area contributed by atoms with E-state index in [1.54, 1.807) is 0 Å². The van der Waals surface area contributed by atoms with E-state index in [1.807, 2.05) is 18.9 Å². The summed E-state index contributed by atoms with van der Waals surface area (Å²) in [7, 11) is -1.45. The van der Waals surface area contributed by atoms with Crippen molar-refractivity contribution in [1.29, 1.82) is 0 Å². The Kier molecular flexibility index (Phi) is 38.4. The van der Waals surface area contributed by atoms with Gasteiger partial charge in [-0.2, -0.15) is 8.42 Å². The Morgan fingerprint density at radius 1 is 0.604 bits per heavy atom. The van der Waals surface area contributed by atoms with Crippen molar-refractivity contribution in [2.24, 2.45) is 0 Å². The van der Waals surface area contributed by atoms with Crippen LogP contribution < -0.4 is 0 Å². The molecule has 0 saturated heterocycles. The number of likely N-dealkylation sites (N-methyl/N-ethyl adjacent to an activating group) is 1. The first-order chi connectivity index (χ1) is 23.2. The highest BCUT2D eigenvalue weighted by Crippen LogP contribution is 2.20. The maximum Gasteiger partial charge on any atom is 0.424 e. The van der Waals surface area contributed by atoms with Gasteiger partial charge < -0.3 is 14.6 Å². The van der Waals surface area contributed by atoms with Crippen molar-refractivity contribution < 1.29 is 36.8 Å². The van der Waals surface area contributed by atoms with Crippen molar-refractivity contribution in [2.45, 2.75) is 181 Å². The third-order valence-corrected chi connectivity index (χ3v) is 8.64. The molecule has 0 atom stereocenters. The second kappa shape index (κ2) is 37.4. The SMILES string of the molecule is CCCCCC/C=C\CCCCCCCCOC(C)(OCCCCCCCC/C=C\CCCCCC)N(C)CCO.COOS(=O)(=O)O. The van der Waals surface area contributed by atoms with Gasteiger partial charge in [0.15, 0.2) is 0 Å². The predicted molar refractivity (Wildman–Crippen MR) is 200 cm³/mol. The third-order valence-electron chi connectivity index (χ3n) is 8.33. The van der Waals surface area contributed by atoms with Crippen molar-refractivity contribution in [1.82, 2.24) is 4.90 Å². The minimum absolute atomic E-state index is 0.112. The number of unbranched alkanes of at least 4 members (excludes halogenated alkanes) is 20. The van der Waals surface area contributed by atoms with E-state index in [0.29, 0.717) is 19.8 Å². The average molecular weight is 708 g/mol. The van der Waals surface area contributed by atoms with Crippen LogP contribution in [-0.2, 0) is 29.1 Å². The molecule has 0 spiro atoms. The number of allylic oxidation sites excluding steroid dienone is 4. The molecule has 0 aromatic heterocycles. The first kappa shape index (κ1) is 49.3. The Balaban J connectivity index is 0. The Morgan fingerprint density at radius 2 is 0.938 bits per heavy atom. The summed E-state index contributed by atoms with van der Waals surface area (Å²) in [5, 5.41) is 9.45. The Hall–Kier alpha value is -0.850.